The van der Waals surface area contributed by atoms with Crippen molar-refractivity contribution in [3.63, 3.8) is 0 Å². The molecule has 9 heteroatoms. The number of furan rings is 1. The average molecular weight is 515 g/mol. The van der Waals surface area contributed by atoms with Crippen LogP contribution in [0.4, 0.5) is 10.1 Å². The zero-order chi connectivity index (χ0) is 19.8. The van der Waals surface area contributed by atoms with Gasteiger partial charge in [-0.25, -0.2) is 4.39 Å². The lowest BCUT2D eigenvalue weighted by atomic mass is 10.2. The van der Waals surface area contributed by atoms with Crippen molar-refractivity contribution in [2.24, 2.45) is 4.99 Å². The Kier molecular flexibility index (Phi) is 9.23. The second-order valence-electron chi connectivity index (χ2n) is 6.42. The number of nitrogens with zero attached hydrogens (tertiary/aromatic N) is 3. The van der Waals surface area contributed by atoms with Gasteiger partial charge in [-0.15, -0.1) is 24.0 Å². The summed E-state index contributed by atoms with van der Waals surface area (Å²) in [6, 6.07) is 9.91. The smallest absolute Gasteiger partial charge is 0.287 e. The molecule has 2 heterocycles. The normalized spacial score (nSPS) is 14.3. The zero-order valence-corrected chi connectivity index (χ0v) is 18.8. The molecule has 1 aliphatic rings. The van der Waals surface area contributed by atoms with E-state index < -0.39 is 0 Å². The van der Waals surface area contributed by atoms with Gasteiger partial charge in [-0.3, -0.25) is 9.79 Å². The van der Waals surface area contributed by atoms with Crippen LogP contribution in [-0.2, 0) is 0 Å². The molecule has 0 spiro atoms. The van der Waals surface area contributed by atoms with Crippen molar-refractivity contribution in [3.8, 4) is 0 Å². The Labute approximate surface area is 187 Å². The summed E-state index contributed by atoms with van der Waals surface area (Å²) in [5.41, 5.74) is 1.03. The average Bonchev–Trinajstić information content (AvgIpc) is 3.26. The van der Waals surface area contributed by atoms with Crippen LogP contribution in [0, 0.1) is 5.82 Å². The van der Waals surface area contributed by atoms with Crippen LogP contribution in [0.3, 0.4) is 0 Å². The number of nitrogens with one attached hydrogen (secondary N) is 2. The first-order valence-electron chi connectivity index (χ1n) is 9.53. The van der Waals surface area contributed by atoms with E-state index in [9.17, 15) is 9.18 Å². The number of aliphatic imine (C=N–C) groups is 1. The molecule has 0 unspecified atom stereocenters. The van der Waals surface area contributed by atoms with E-state index in [1.165, 1.54) is 18.4 Å². The third-order valence-electron chi connectivity index (χ3n) is 4.51. The van der Waals surface area contributed by atoms with Crippen LogP contribution in [0.2, 0.25) is 0 Å². The number of guanidine groups is 1. The molecule has 0 aliphatic carbocycles. The van der Waals surface area contributed by atoms with Gasteiger partial charge in [-0.2, -0.15) is 0 Å². The van der Waals surface area contributed by atoms with E-state index in [-0.39, 0.29) is 35.7 Å². The molecule has 3 rings (SSSR count). The molecule has 0 atom stereocenters. The summed E-state index contributed by atoms with van der Waals surface area (Å²) in [5.74, 6) is 0.683. The van der Waals surface area contributed by atoms with Crippen LogP contribution in [0.5, 0.6) is 0 Å². The second-order valence-corrected chi connectivity index (χ2v) is 6.42. The van der Waals surface area contributed by atoms with Gasteiger partial charge < -0.3 is 24.9 Å². The van der Waals surface area contributed by atoms with Gasteiger partial charge in [-0.1, -0.05) is 0 Å². The lowest BCUT2D eigenvalue weighted by Crippen LogP contribution is -2.52. The molecular weight excluding hydrogens is 488 g/mol. The van der Waals surface area contributed by atoms with Gasteiger partial charge in [0, 0.05) is 45.0 Å². The molecule has 7 nitrogen and oxygen atoms in total. The SMILES string of the molecule is CCNC(=NCCNC(=O)c1ccco1)N1CCN(c2ccc(F)cc2)CC1.I. The van der Waals surface area contributed by atoms with E-state index >= 15 is 0 Å². The Bertz CT molecular complexity index is 775. The molecule has 1 saturated heterocycles. The highest BCUT2D eigenvalue weighted by molar-refractivity contribution is 14.0. The highest BCUT2D eigenvalue weighted by Crippen LogP contribution is 2.16. The van der Waals surface area contributed by atoms with E-state index in [2.05, 4.69) is 25.4 Å². The largest absolute Gasteiger partial charge is 0.459 e. The van der Waals surface area contributed by atoms with Gasteiger partial charge in [0.2, 0.25) is 0 Å². The van der Waals surface area contributed by atoms with Crippen molar-refractivity contribution in [1.29, 1.82) is 0 Å². The van der Waals surface area contributed by atoms with Crippen LogP contribution in [-0.4, -0.2) is 62.6 Å². The number of hydrogen-bond donors (Lipinski definition) is 2. The van der Waals surface area contributed by atoms with Crippen molar-refractivity contribution in [2.45, 2.75) is 6.92 Å². The predicted octanol–water partition coefficient (Wildman–Crippen LogP) is 2.55. The Balaban J connectivity index is 0.00000300. The number of carbonyl (C=O) groups is 1. The molecule has 2 aromatic rings. The topological polar surface area (TPSA) is 73.1 Å². The number of hydrogen-bond acceptors (Lipinski definition) is 4. The zero-order valence-electron chi connectivity index (χ0n) is 16.4. The number of amides is 1. The van der Waals surface area contributed by atoms with E-state index in [4.69, 9.17) is 4.42 Å². The molecule has 2 N–H and O–H groups in total. The summed E-state index contributed by atoms with van der Waals surface area (Å²) >= 11 is 0. The van der Waals surface area contributed by atoms with Crippen LogP contribution in [0.1, 0.15) is 17.5 Å². The minimum atomic E-state index is -0.238. The minimum Gasteiger partial charge on any atom is -0.459 e. The van der Waals surface area contributed by atoms with Crippen molar-refractivity contribution >= 4 is 41.5 Å². The second kappa shape index (κ2) is 11.6. The molecule has 1 amide bonds. The van der Waals surface area contributed by atoms with Crippen molar-refractivity contribution in [2.75, 3.05) is 50.7 Å². The molecule has 29 heavy (non-hydrogen) atoms. The van der Waals surface area contributed by atoms with Gasteiger partial charge in [0.25, 0.3) is 5.91 Å². The van der Waals surface area contributed by atoms with Crippen LogP contribution in [0.25, 0.3) is 0 Å². The standard InChI is InChI=1S/C20H26FN5O2.HI/c1-2-22-20(24-10-9-23-19(27)18-4-3-15-28-18)26-13-11-25(12-14-26)17-7-5-16(21)6-8-17;/h3-8,15H,2,9-14H2,1H3,(H,22,24)(H,23,27);1H. The summed E-state index contributed by atoms with van der Waals surface area (Å²) in [5, 5.41) is 6.10. The number of rotatable bonds is 6. The molecule has 158 valence electrons. The number of anilines is 1. The summed E-state index contributed by atoms with van der Waals surface area (Å²) in [4.78, 5) is 20.9. The third-order valence-corrected chi connectivity index (χ3v) is 4.51. The Morgan fingerprint density at radius 3 is 2.48 bits per heavy atom. The maximum atomic E-state index is 13.1. The Morgan fingerprint density at radius 1 is 1.14 bits per heavy atom. The van der Waals surface area contributed by atoms with Gasteiger partial charge >= 0.3 is 0 Å². The molecule has 0 bridgehead atoms. The van der Waals surface area contributed by atoms with Gasteiger partial charge in [0.1, 0.15) is 5.82 Å². The van der Waals surface area contributed by atoms with E-state index in [0.717, 1.165) is 44.4 Å². The van der Waals surface area contributed by atoms with E-state index in [1.54, 1.807) is 12.1 Å². The van der Waals surface area contributed by atoms with Crippen molar-refractivity contribution in [1.82, 2.24) is 15.5 Å². The summed E-state index contributed by atoms with van der Waals surface area (Å²) in [7, 11) is 0. The minimum absolute atomic E-state index is 0. The maximum Gasteiger partial charge on any atom is 0.287 e. The predicted molar refractivity (Wildman–Crippen MR) is 123 cm³/mol. The van der Waals surface area contributed by atoms with E-state index in [1.807, 2.05) is 19.1 Å². The molecule has 0 radical (unpaired) electrons. The lowest BCUT2D eigenvalue weighted by Gasteiger charge is -2.37. The first kappa shape index (κ1) is 23.0. The maximum absolute atomic E-state index is 13.1. The van der Waals surface area contributed by atoms with Crippen molar-refractivity contribution < 1.29 is 13.6 Å². The molecule has 1 fully saturated rings. The van der Waals surface area contributed by atoms with Crippen LogP contribution >= 0.6 is 24.0 Å². The molecular formula is C20H27FIN5O2. The fourth-order valence-electron chi connectivity index (χ4n) is 3.08. The highest BCUT2D eigenvalue weighted by Gasteiger charge is 2.19. The highest BCUT2D eigenvalue weighted by atomic mass is 127. The monoisotopic (exact) mass is 515 g/mol. The molecule has 1 aromatic carbocycles. The van der Waals surface area contributed by atoms with Crippen molar-refractivity contribution in [3.05, 3.63) is 54.2 Å². The van der Waals surface area contributed by atoms with Gasteiger partial charge in [-0.05, 0) is 43.3 Å². The number of piperazine rings is 1. The first-order valence-corrected chi connectivity index (χ1v) is 9.53. The molecule has 1 aromatic heterocycles. The number of benzene rings is 1. The Hall–Kier alpha value is -2.30. The summed E-state index contributed by atoms with van der Waals surface area (Å²) < 4.78 is 18.2. The molecule has 1 aliphatic heterocycles. The van der Waals surface area contributed by atoms with Crippen LogP contribution < -0.4 is 15.5 Å². The van der Waals surface area contributed by atoms with Crippen LogP contribution in [0.15, 0.2) is 52.1 Å². The van der Waals surface area contributed by atoms with E-state index in [0.29, 0.717) is 18.8 Å². The third kappa shape index (κ3) is 6.62. The number of halogens is 2. The summed E-state index contributed by atoms with van der Waals surface area (Å²) in [6.45, 7) is 7.04. The fourth-order valence-corrected chi connectivity index (χ4v) is 3.08. The van der Waals surface area contributed by atoms with Gasteiger partial charge in [0.15, 0.2) is 11.7 Å². The summed E-state index contributed by atoms with van der Waals surface area (Å²) in [6.07, 6.45) is 1.47. The number of carbonyl (C=O) groups excluding carboxylic acids is 1. The lowest BCUT2D eigenvalue weighted by molar-refractivity contribution is 0.0927. The first-order chi connectivity index (χ1) is 13.7. The fraction of sp³-hybridized carbons (Fsp3) is 0.400. The van der Waals surface area contributed by atoms with Gasteiger partial charge in [0.05, 0.1) is 12.8 Å². The molecule has 0 saturated carbocycles. The Morgan fingerprint density at radius 2 is 1.86 bits per heavy atom. The quantitative estimate of drug-likeness (QED) is 0.268.